The molecule has 0 spiro atoms. The summed E-state index contributed by atoms with van der Waals surface area (Å²) in [5.74, 6) is 0.412. The fourth-order valence-electron chi connectivity index (χ4n) is 1.75. The van der Waals surface area contributed by atoms with Gasteiger partial charge in [0, 0.05) is 24.6 Å². The van der Waals surface area contributed by atoms with E-state index in [0.717, 1.165) is 0 Å². The first-order valence-electron chi connectivity index (χ1n) is 6.00. The molecule has 104 valence electrons. The minimum atomic E-state index is -0.489. The van der Waals surface area contributed by atoms with Crippen molar-refractivity contribution in [2.45, 2.75) is 12.8 Å². The summed E-state index contributed by atoms with van der Waals surface area (Å²) in [6, 6.07) is 6.21. The van der Waals surface area contributed by atoms with Crippen molar-refractivity contribution in [3.8, 4) is 0 Å². The lowest BCUT2D eigenvalue weighted by atomic mass is 10.1. The topological polar surface area (TPSA) is 114 Å². The molecule has 0 aliphatic rings. The fourth-order valence-corrected chi connectivity index (χ4v) is 1.75. The van der Waals surface area contributed by atoms with Crippen molar-refractivity contribution in [1.29, 1.82) is 0 Å². The Balaban J connectivity index is 1.87. The zero-order chi connectivity index (χ0) is 14.4. The number of hydrogen-bond donors (Lipinski definition) is 2. The van der Waals surface area contributed by atoms with Crippen LogP contribution in [0.5, 0.6) is 0 Å². The number of nitro benzene ring substituents is 1. The van der Waals surface area contributed by atoms with Crippen LogP contribution in [0.3, 0.4) is 0 Å². The zero-order valence-corrected chi connectivity index (χ0v) is 10.6. The van der Waals surface area contributed by atoms with E-state index in [1.165, 1.54) is 12.4 Å². The molecule has 0 aliphatic heterocycles. The summed E-state index contributed by atoms with van der Waals surface area (Å²) < 4.78 is 0. The highest BCUT2D eigenvalue weighted by Gasteiger charge is 2.15. The van der Waals surface area contributed by atoms with Gasteiger partial charge in [-0.2, -0.15) is 5.10 Å². The second-order valence-corrected chi connectivity index (χ2v) is 4.09. The number of carbonyl (C=O) groups excluding carboxylic acids is 1. The number of hydrogen-bond acceptors (Lipinski definition) is 5. The third kappa shape index (κ3) is 3.61. The predicted octanol–water partition coefficient (Wildman–Crippen LogP) is 0.614. The summed E-state index contributed by atoms with van der Waals surface area (Å²) in [4.78, 5) is 26.0. The van der Waals surface area contributed by atoms with E-state index < -0.39 is 4.92 Å². The van der Waals surface area contributed by atoms with Crippen LogP contribution in [0.15, 0.2) is 30.6 Å². The van der Waals surface area contributed by atoms with Crippen molar-refractivity contribution in [2.75, 3.05) is 6.54 Å². The summed E-state index contributed by atoms with van der Waals surface area (Å²) in [6.07, 6.45) is 1.90. The maximum absolute atomic E-state index is 11.7. The van der Waals surface area contributed by atoms with Crippen molar-refractivity contribution in [3.63, 3.8) is 0 Å². The van der Waals surface area contributed by atoms with E-state index in [-0.39, 0.29) is 18.0 Å². The Morgan fingerprint density at radius 3 is 2.90 bits per heavy atom. The molecule has 2 aromatic rings. The molecule has 0 unspecified atom stereocenters. The van der Waals surface area contributed by atoms with Crippen molar-refractivity contribution in [2.24, 2.45) is 0 Å². The van der Waals surface area contributed by atoms with Crippen molar-refractivity contribution < 1.29 is 9.72 Å². The van der Waals surface area contributed by atoms with Crippen LogP contribution in [0, 0.1) is 10.1 Å². The highest BCUT2D eigenvalue weighted by molar-refractivity contribution is 5.79. The number of aromatic nitrogens is 3. The van der Waals surface area contributed by atoms with Gasteiger partial charge in [0.1, 0.15) is 12.2 Å². The lowest BCUT2D eigenvalue weighted by Crippen LogP contribution is -2.27. The molecular formula is C12H13N5O3. The molecule has 0 aliphatic carbocycles. The Labute approximate surface area is 114 Å². The number of carbonyl (C=O) groups is 1. The van der Waals surface area contributed by atoms with E-state index >= 15 is 0 Å². The van der Waals surface area contributed by atoms with E-state index in [1.54, 1.807) is 18.2 Å². The monoisotopic (exact) mass is 275 g/mol. The number of benzene rings is 1. The first kappa shape index (κ1) is 13.7. The first-order valence-corrected chi connectivity index (χ1v) is 6.00. The van der Waals surface area contributed by atoms with Gasteiger partial charge in [-0.25, -0.2) is 4.98 Å². The number of nitro groups is 1. The molecule has 1 heterocycles. The minimum Gasteiger partial charge on any atom is -0.355 e. The highest BCUT2D eigenvalue weighted by atomic mass is 16.6. The normalized spacial score (nSPS) is 10.2. The number of amides is 1. The molecule has 0 saturated carbocycles. The zero-order valence-electron chi connectivity index (χ0n) is 10.6. The van der Waals surface area contributed by atoms with Gasteiger partial charge in [-0.05, 0) is 0 Å². The Bertz CT molecular complexity index is 597. The summed E-state index contributed by atoms with van der Waals surface area (Å²) >= 11 is 0. The van der Waals surface area contributed by atoms with Crippen LogP contribution < -0.4 is 5.32 Å². The Hall–Kier alpha value is -2.77. The van der Waals surface area contributed by atoms with Gasteiger partial charge in [0.2, 0.25) is 5.91 Å². The third-order valence-electron chi connectivity index (χ3n) is 2.69. The molecule has 2 N–H and O–H groups in total. The molecule has 0 bridgehead atoms. The molecule has 1 amide bonds. The summed E-state index contributed by atoms with van der Waals surface area (Å²) in [5.41, 5.74) is 0.354. The quantitative estimate of drug-likeness (QED) is 0.592. The predicted molar refractivity (Wildman–Crippen MR) is 69.9 cm³/mol. The van der Waals surface area contributed by atoms with E-state index in [9.17, 15) is 14.9 Å². The summed E-state index contributed by atoms with van der Waals surface area (Å²) in [7, 11) is 0. The average Bonchev–Trinajstić information content (AvgIpc) is 2.92. The number of para-hydroxylation sites is 1. The Morgan fingerprint density at radius 1 is 1.40 bits per heavy atom. The standard InChI is InChI=1S/C12H13N5O3/c18-12(13-6-5-11-14-8-15-16-11)7-9-3-1-2-4-10(9)17(19)20/h1-4,8H,5-7H2,(H,13,18)(H,14,15,16). The van der Waals surface area contributed by atoms with Crippen LogP contribution in [-0.4, -0.2) is 32.6 Å². The second kappa shape index (κ2) is 6.41. The molecule has 8 heteroatoms. The lowest BCUT2D eigenvalue weighted by molar-refractivity contribution is -0.385. The molecule has 8 nitrogen and oxygen atoms in total. The maximum atomic E-state index is 11.7. The van der Waals surface area contributed by atoms with Crippen molar-refractivity contribution in [3.05, 3.63) is 52.1 Å². The molecule has 0 fully saturated rings. The number of nitrogens with zero attached hydrogens (tertiary/aromatic N) is 3. The number of H-pyrrole nitrogens is 1. The highest BCUT2D eigenvalue weighted by Crippen LogP contribution is 2.17. The van der Waals surface area contributed by atoms with Crippen LogP contribution in [0.25, 0.3) is 0 Å². The maximum Gasteiger partial charge on any atom is 0.273 e. The molecule has 0 atom stereocenters. The van der Waals surface area contributed by atoms with Gasteiger partial charge in [-0.15, -0.1) is 0 Å². The van der Waals surface area contributed by atoms with E-state index in [1.807, 2.05) is 0 Å². The van der Waals surface area contributed by atoms with Crippen LogP contribution in [0.1, 0.15) is 11.4 Å². The van der Waals surface area contributed by atoms with Crippen LogP contribution >= 0.6 is 0 Å². The molecule has 20 heavy (non-hydrogen) atoms. The SMILES string of the molecule is O=C(Cc1ccccc1[N+](=O)[O-])NCCc1ncn[nH]1. The molecular weight excluding hydrogens is 262 g/mol. The van der Waals surface area contributed by atoms with Crippen molar-refractivity contribution in [1.82, 2.24) is 20.5 Å². The Kier molecular flexibility index (Phi) is 4.38. The van der Waals surface area contributed by atoms with E-state index in [2.05, 4.69) is 20.5 Å². The van der Waals surface area contributed by atoms with Crippen LogP contribution in [0.2, 0.25) is 0 Å². The fraction of sp³-hybridized carbons (Fsp3) is 0.250. The molecule has 1 aromatic carbocycles. The number of rotatable bonds is 6. The summed E-state index contributed by atoms with van der Waals surface area (Å²) in [6.45, 7) is 0.397. The van der Waals surface area contributed by atoms with E-state index in [4.69, 9.17) is 0 Å². The summed E-state index contributed by atoms with van der Waals surface area (Å²) in [5, 5.41) is 19.9. The van der Waals surface area contributed by atoms with Gasteiger partial charge < -0.3 is 5.32 Å². The Morgan fingerprint density at radius 2 is 2.20 bits per heavy atom. The average molecular weight is 275 g/mol. The second-order valence-electron chi connectivity index (χ2n) is 4.09. The van der Waals surface area contributed by atoms with Gasteiger partial charge in [0.25, 0.3) is 5.69 Å². The number of aromatic amines is 1. The smallest absolute Gasteiger partial charge is 0.273 e. The molecule has 2 rings (SSSR count). The van der Waals surface area contributed by atoms with Gasteiger partial charge in [-0.3, -0.25) is 20.0 Å². The molecule has 0 radical (unpaired) electrons. The minimum absolute atomic E-state index is 0.0203. The van der Waals surface area contributed by atoms with Crippen molar-refractivity contribution >= 4 is 11.6 Å². The van der Waals surface area contributed by atoms with E-state index in [0.29, 0.717) is 24.4 Å². The van der Waals surface area contributed by atoms with Gasteiger partial charge >= 0.3 is 0 Å². The van der Waals surface area contributed by atoms with Gasteiger partial charge in [0.05, 0.1) is 11.3 Å². The molecule has 1 aromatic heterocycles. The number of nitrogens with one attached hydrogen (secondary N) is 2. The van der Waals surface area contributed by atoms with Gasteiger partial charge in [0.15, 0.2) is 0 Å². The van der Waals surface area contributed by atoms with Gasteiger partial charge in [-0.1, -0.05) is 18.2 Å². The third-order valence-corrected chi connectivity index (χ3v) is 2.69. The largest absolute Gasteiger partial charge is 0.355 e. The van der Waals surface area contributed by atoms with Crippen LogP contribution in [-0.2, 0) is 17.6 Å². The van der Waals surface area contributed by atoms with Crippen LogP contribution in [0.4, 0.5) is 5.69 Å². The first-order chi connectivity index (χ1) is 9.66. The lowest BCUT2D eigenvalue weighted by Gasteiger charge is -2.04. The molecule has 0 saturated heterocycles.